The number of nitrogens with zero attached hydrogens (tertiary/aromatic N) is 3. The molecule has 0 saturated heterocycles. The van der Waals surface area contributed by atoms with Crippen molar-refractivity contribution in [2.75, 3.05) is 6.61 Å². The van der Waals surface area contributed by atoms with Gasteiger partial charge in [-0.2, -0.15) is 13.9 Å². The van der Waals surface area contributed by atoms with Crippen molar-refractivity contribution >= 4 is 5.91 Å². The van der Waals surface area contributed by atoms with Crippen LogP contribution in [0.3, 0.4) is 0 Å². The van der Waals surface area contributed by atoms with Gasteiger partial charge in [-0.3, -0.25) is 4.79 Å². The van der Waals surface area contributed by atoms with Crippen molar-refractivity contribution in [2.45, 2.75) is 25.7 Å². The van der Waals surface area contributed by atoms with Gasteiger partial charge in [0.15, 0.2) is 12.3 Å². The van der Waals surface area contributed by atoms with Gasteiger partial charge in [0.2, 0.25) is 0 Å². The van der Waals surface area contributed by atoms with E-state index in [1.165, 1.54) is 0 Å². The summed E-state index contributed by atoms with van der Waals surface area (Å²) in [6, 6.07) is 7.56. The van der Waals surface area contributed by atoms with E-state index >= 15 is 0 Å². The third-order valence-electron chi connectivity index (χ3n) is 4.46. The minimum Gasteiger partial charge on any atom is -0.485 e. The fraction of sp³-hybridized carbons (Fsp3) is 0.250. The summed E-state index contributed by atoms with van der Waals surface area (Å²) < 4.78 is 40.2. The predicted octanol–water partition coefficient (Wildman–Crippen LogP) is 2.91. The first-order valence-corrected chi connectivity index (χ1v) is 8.75. The molecule has 1 unspecified atom stereocenters. The number of carbonyl (C=O) groups is 1. The normalized spacial score (nSPS) is 15.2. The van der Waals surface area contributed by atoms with Crippen molar-refractivity contribution in [1.82, 2.24) is 14.9 Å². The molecule has 2 aromatic heterocycles. The van der Waals surface area contributed by atoms with E-state index in [2.05, 4.69) is 22.1 Å². The van der Waals surface area contributed by atoms with Crippen molar-refractivity contribution in [1.29, 1.82) is 0 Å². The number of nitrogens with two attached hydrogens (primary N) is 1. The first-order chi connectivity index (χ1) is 13.7. The Morgan fingerprint density at radius 3 is 2.83 bits per heavy atom. The molecule has 4 rings (SSSR count). The van der Waals surface area contributed by atoms with Crippen LogP contribution in [0.2, 0.25) is 0 Å². The monoisotopic (exact) mass is 398 g/mol. The predicted molar refractivity (Wildman–Crippen MR) is 98.0 cm³/mol. The van der Waals surface area contributed by atoms with Crippen LogP contribution in [0.25, 0.3) is 5.69 Å². The van der Waals surface area contributed by atoms with E-state index in [0.29, 0.717) is 17.0 Å². The third-order valence-corrected chi connectivity index (χ3v) is 4.46. The highest BCUT2D eigenvalue weighted by Crippen LogP contribution is 2.37. The van der Waals surface area contributed by atoms with Crippen molar-refractivity contribution in [2.24, 2.45) is 5.73 Å². The Kier molecular flexibility index (Phi) is 4.34. The lowest BCUT2D eigenvalue weighted by molar-refractivity contribution is -0.0487. The second kappa shape index (κ2) is 6.74. The van der Waals surface area contributed by atoms with Gasteiger partial charge in [-0.1, -0.05) is 17.0 Å². The lowest BCUT2D eigenvalue weighted by Gasteiger charge is -2.12. The van der Waals surface area contributed by atoms with Crippen molar-refractivity contribution in [3.05, 3.63) is 58.7 Å². The van der Waals surface area contributed by atoms with Gasteiger partial charge < -0.3 is 15.0 Å². The molecule has 0 aliphatic carbocycles. The maximum atomic E-state index is 14.5. The molecular weight excluding hydrogens is 382 g/mol. The van der Waals surface area contributed by atoms with Gasteiger partial charge in [-0.05, 0) is 38.1 Å². The maximum absolute atomic E-state index is 14.5. The molecule has 9 heteroatoms. The number of hydrogen-bond acceptors (Lipinski definition) is 5. The highest BCUT2D eigenvalue weighted by molar-refractivity contribution is 5.91. The van der Waals surface area contributed by atoms with Crippen LogP contribution in [0.15, 0.2) is 34.9 Å². The van der Waals surface area contributed by atoms with Gasteiger partial charge in [0.1, 0.15) is 22.9 Å². The fourth-order valence-corrected chi connectivity index (χ4v) is 2.93. The number of fused-ring (bicyclic) bond motifs is 3. The molecular formula is C20H16F2N4O3. The number of amides is 1. The quantitative estimate of drug-likeness (QED) is 0.670. The van der Waals surface area contributed by atoms with Crippen LogP contribution in [0.4, 0.5) is 8.78 Å². The minimum atomic E-state index is -3.34. The average Bonchev–Trinajstić information content (AvgIpc) is 3.30. The van der Waals surface area contributed by atoms with Crippen LogP contribution in [0.5, 0.6) is 5.75 Å². The second-order valence-corrected chi connectivity index (χ2v) is 6.72. The largest absolute Gasteiger partial charge is 0.485 e. The summed E-state index contributed by atoms with van der Waals surface area (Å²) in [5.41, 5.74) is 6.01. The summed E-state index contributed by atoms with van der Waals surface area (Å²) >= 11 is 0. The van der Waals surface area contributed by atoms with E-state index in [4.69, 9.17) is 15.0 Å². The van der Waals surface area contributed by atoms with E-state index in [-0.39, 0.29) is 23.0 Å². The maximum Gasteiger partial charge on any atom is 0.323 e. The molecule has 3 heterocycles. The Morgan fingerprint density at radius 1 is 1.34 bits per heavy atom. The van der Waals surface area contributed by atoms with Crippen molar-refractivity contribution in [3.8, 4) is 23.3 Å². The minimum absolute atomic E-state index is 0.187. The lowest BCUT2D eigenvalue weighted by Crippen LogP contribution is -2.23. The van der Waals surface area contributed by atoms with E-state index in [1.54, 1.807) is 31.2 Å². The number of halogens is 2. The summed E-state index contributed by atoms with van der Waals surface area (Å²) in [6.07, 6.45) is 0. The number of rotatable bonds is 2. The Hall–Kier alpha value is -3.67. The number of alkyl halides is 2. The first kappa shape index (κ1) is 18.7. The molecule has 148 valence electrons. The second-order valence-electron chi connectivity index (χ2n) is 6.72. The number of aryl methyl sites for hydroxylation is 1. The summed E-state index contributed by atoms with van der Waals surface area (Å²) in [5.74, 6) is 2.51. The molecule has 1 atom stereocenters. The molecule has 0 fully saturated rings. The van der Waals surface area contributed by atoms with Gasteiger partial charge in [0, 0.05) is 11.6 Å². The number of aromatic nitrogens is 3. The van der Waals surface area contributed by atoms with Crippen LogP contribution in [0, 0.1) is 18.8 Å². The Bertz CT molecular complexity index is 1170. The van der Waals surface area contributed by atoms with Crippen molar-refractivity contribution < 1.29 is 22.8 Å². The standard InChI is InChI=1S/C20H16F2N4O3/c1-11(14-7-12(2)29-25-14)3-4-13-5-6-17-16(8-13)26-18(20(21,22)10-28-17)9-15(24-26)19(23)27/h5-9,11H,10H2,1-2H3,(H2,23,27). The average molecular weight is 398 g/mol. The number of carbonyl (C=O) groups excluding carboxylic acids is 1. The number of hydrogen-bond donors (Lipinski definition) is 1. The Labute approximate surface area is 164 Å². The molecule has 2 N–H and O–H groups in total. The van der Waals surface area contributed by atoms with E-state index in [1.807, 2.05) is 6.92 Å². The van der Waals surface area contributed by atoms with Gasteiger partial charge >= 0.3 is 5.92 Å². The SMILES string of the molecule is Cc1cc(C(C)C#Cc2ccc3c(c2)-n2nc(C(N)=O)cc2C(F)(F)CO3)no1. The third kappa shape index (κ3) is 3.45. The lowest BCUT2D eigenvalue weighted by atomic mass is 10.1. The van der Waals surface area contributed by atoms with Gasteiger partial charge in [-0.15, -0.1) is 0 Å². The fourth-order valence-electron chi connectivity index (χ4n) is 2.93. The topological polar surface area (TPSA) is 96.2 Å². The summed E-state index contributed by atoms with van der Waals surface area (Å²) in [6.45, 7) is 2.79. The molecule has 3 aromatic rings. The van der Waals surface area contributed by atoms with Gasteiger partial charge in [-0.25, -0.2) is 4.68 Å². The summed E-state index contributed by atoms with van der Waals surface area (Å²) in [4.78, 5) is 11.4. The number of benzene rings is 1. The molecule has 29 heavy (non-hydrogen) atoms. The van der Waals surface area contributed by atoms with E-state index in [9.17, 15) is 13.6 Å². The molecule has 0 spiro atoms. The molecule has 1 amide bonds. The summed E-state index contributed by atoms with van der Waals surface area (Å²) in [5, 5.41) is 7.88. The highest BCUT2D eigenvalue weighted by Gasteiger charge is 2.41. The van der Waals surface area contributed by atoms with Crippen LogP contribution in [0.1, 0.15) is 46.0 Å². The van der Waals surface area contributed by atoms with Crippen LogP contribution in [-0.4, -0.2) is 27.5 Å². The molecule has 1 aromatic carbocycles. The first-order valence-electron chi connectivity index (χ1n) is 8.75. The smallest absolute Gasteiger partial charge is 0.323 e. The zero-order valence-corrected chi connectivity index (χ0v) is 15.6. The molecule has 0 radical (unpaired) electrons. The van der Waals surface area contributed by atoms with Gasteiger partial charge in [0.05, 0.1) is 11.6 Å². The van der Waals surface area contributed by atoms with Crippen LogP contribution in [-0.2, 0) is 5.92 Å². The zero-order chi connectivity index (χ0) is 20.8. The van der Waals surface area contributed by atoms with Gasteiger partial charge in [0.25, 0.3) is 5.91 Å². The molecule has 0 saturated carbocycles. The Balaban J connectivity index is 1.75. The molecule has 0 bridgehead atoms. The molecule has 7 nitrogen and oxygen atoms in total. The van der Waals surface area contributed by atoms with Crippen LogP contribution < -0.4 is 10.5 Å². The zero-order valence-electron chi connectivity index (χ0n) is 15.6. The molecule has 1 aliphatic heterocycles. The molecule has 1 aliphatic rings. The Morgan fingerprint density at radius 2 is 2.14 bits per heavy atom. The highest BCUT2D eigenvalue weighted by atomic mass is 19.3. The number of ether oxygens (including phenoxy) is 1. The summed E-state index contributed by atoms with van der Waals surface area (Å²) in [7, 11) is 0. The van der Waals surface area contributed by atoms with E-state index in [0.717, 1.165) is 10.7 Å². The van der Waals surface area contributed by atoms with E-state index < -0.39 is 24.1 Å². The van der Waals surface area contributed by atoms with Crippen LogP contribution >= 0.6 is 0 Å². The number of primary amides is 1. The van der Waals surface area contributed by atoms with Crippen molar-refractivity contribution in [3.63, 3.8) is 0 Å².